The number of benzene rings is 3. The van der Waals surface area contributed by atoms with E-state index >= 15 is 0 Å². The molecule has 4 rings (SSSR count). The van der Waals surface area contributed by atoms with Crippen molar-refractivity contribution in [3.8, 4) is 0 Å². The van der Waals surface area contributed by atoms with Crippen LogP contribution in [0.4, 0.5) is 11.6 Å². The standard InChI is InChI=1S/C24H21N3O4S/c1-16-17(2)26-31-24(16)27-32(29,30)20-12-10-19(11-13-20)25-15-14-23(28)22-9-5-7-18-6-3-4-8-21(18)22/h3-15,25,27H,1-2H3. The number of carbonyl (C=O) groups is 1. The molecule has 7 nitrogen and oxygen atoms in total. The molecule has 0 aliphatic rings. The second kappa shape index (κ2) is 8.68. The fraction of sp³-hybridized carbons (Fsp3) is 0.0833. The summed E-state index contributed by atoms with van der Waals surface area (Å²) in [5, 5.41) is 8.63. The average molecular weight is 448 g/mol. The first-order chi connectivity index (χ1) is 15.3. The minimum Gasteiger partial charge on any atom is -0.362 e. The molecule has 0 bridgehead atoms. The summed E-state index contributed by atoms with van der Waals surface area (Å²) >= 11 is 0. The van der Waals surface area contributed by atoms with E-state index in [4.69, 9.17) is 4.52 Å². The summed E-state index contributed by atoms with van der Waals surface area (Å²) in [5.41, 5.74) is 2.50. The van der Waals surface area contributed by atoms with Gasteiger partial charge in [0.05, 0.1) is 10.6 Å². The van der Waals surface area contributed by atoms with Gasteiger partial charge in [-0.3, -0.25) is 4.79 Å². The third-order valence-corrected chi connectivity index (χ3v) is 6.44. The molecule has 32 heavy (non-hydrogen) atoms. The van der Waals surface area contributed by atoms with Crippen molar-refractivity contribution in [3.63, 3.8) is 0 Å². The molecule has 0 unspecified atom stereocenters. The van der Waals surface area contributed by atoms with Crippen molar-refractivity contribution in [3.05, 3.63) is 95.8 Å². The zero-order chi connectivity index (χ0) is 22.7. The van der Waals surface area contributed by atoms with Crippen LogP contribution in [0.1, 0.15) is 21.6 Å². The van der Waals surface area contributed by atoms with E-state index < -0.39 is 10.0 Å². The predicted molar refractivity (Wildman–Crippen MR) is 124 cm³/mol. The SMILES string of the molecule is Cc1noc(NS(=O)(=O)c2ccc(NC=CC(=O)c3cccc4ccccc34)cc2)c1C. The summed E-state index contributed by atoms with van der Waals surface area (Å²) < 4.78 is 32.5. The van der Waals surface area contributed by atoms with Crippen molar-refractivity contribution in [1.29, 1.82) is 0 Å². The molecule has 0 amide bonds. The van der Waals surface area contributed by atoms with E-state index in [9.17, 15) is 13.2 Å². The van der Waals surface area contributed by atoms with Crippen LogP contribution in [-0.4, -0.2) is 19.4 Å². The topological polar surface area (TPSA) is 101 Å². The normalized spacial score (nSPS) is 11.7. The third-order valence-electron chi connectivity index (χ3n) is 5.09. The molecule has 0 fully saturated rings. The third kappa shape index (κ3) is 4.40. The maximum absolute atomic E-state index is 12.6. The van der Waals surface area contributed by atoms with Gasteiger partial charge in [-0.1, -0.05) is 47.6 Å². The molecule has 1 heterocycles. The van der Waals surface area contributed by atoms with Crippen LogP contribution in [0.2, 0.25) is 0 Å². The monoisotopic (exact) mass is 447 g/mol. The van der Waals surface area contributed by atoms with Gasteiger partial charge in [-0.2, -0.15) is 0 Å². The molecule has 162 valence electrons. The van der Waals surface area contributed by atoms with E-state index in [1.807, 2.05) is 36.4 Å². The van der Waals surface area contributed by atoms with Crippen molar-refractivity contribution in [2.75, 3.05) is 10.0 Å². The zero-order valence-corrected chi connectivity index (χ0v) is 18.3. The highest BCUT2D eigenvalue weighted by Gasteiger charge is 2.19. The quantitative estimate of drug-likeness (QED) is 0.304. The van der Waals surface area contributed by atoms with Crippen molar-refractivity contribution >= 4 is 38.2 Å². The number of hydrogen-bond acceptors (Lipinski definition) is 6. The number of hydrogen-bond donors (Lipinski definition) is 2. The molecule has 4 aromatic rings. The molecule has 1 aromatic heterocycles. The number of rotatable bonds is 7. The zero-order valence-electron chi connectivity index (χ0n) is 17.5. The summed E-state index contributed by atoms with van der Waals surface area (Å²) in [4.78, 5) is 12.7. The lowest BCUT2D eigenvalue weighted by Gasteiger charge is -2.07. The minimum absolute atomic E-state index is 0.0762. The van der Waals surface area contributed by atoms with Crippen molar-refractivity contribution in [1.82, 2.24) is 5.16 Å². The van der Waals surface area contributed by atoms with E-state index in [-0.39, 0.29) is 16.6 Å². The number of aromatic nitrogens is 1. The minimum atomic E-state index is -3.81. The molecule has 8 heteroatoms. The lowest BCUT2D eigenvalue weighted by molar-refractivity contribution is 0.104. The highest BCUT2D eigenvalue weighted by atomic mass is 32.2. The molecule has 0 atom stereocenters. The van der Waals surface area contributed by atoms with Gasteiger partial charge in [-0.05, 0) is 48.9 Å². The molecule has 3 aromatic carbocycles. The Morgan fingerprint density at radius 3 is 2.41 bits per heavy atom. The maximum atomic E-state index is 12.6. The van der Waals surface area contributed by atoms with E-state index in [0.717, 1.165) is 10.8 Å². The summed E-state index contributed by atoms with van der Waals surface area (Å²) in [6.45, 7) is 3.46. The number of allylic oxidation sites excluding steroid dienone is 1. The van der Waals surface area contributed by atoms with Gasteiger partial charge in [0.25, 0.3) is 10.0 Å². The molecular weight excluding hydrogens is 426 g/mol. The Balaban J connectivity index is 1.44. The van der Waals surface area contributed by atoms with Gasteiger partial charge >= 0.3 is 0 Å². The van der Waals surface area contributed by atoms with Gasteiger partial charge in [-0.25, -0.2) is 13.1 Å². The molecule has 0 radical (unpaired) electrons. The first-order valence-corrected chi connectivity index (χ1v) is 11.3. The molecule has 0 aliphatic heterocycles. The molecule has 0 saturated heterocycles. The maximum Gasteiger partial charge on any atom is 0.264 e. The molecule has 0 aliphatic carbocycles. The predicted octanol–water partition coefficient (Wildman–Crippen LogP) is 5.05. The van der Waals surface area contributed by atoms with Crippen LogP contribution in [0.3, 0.4) is 0 Å². The molecule has 0 saturated carbocycles. The van der Waals surface area contributed by atoms with Gasteiger partial charge in [-0.15, -0.1) is 0 Å². The van der Waals surface area contributed by atoms with Crippen LogP contribution in [0.25, 0.3) is 10.8 Å². The summed E-state index contributed by atoms with van der Waals surface area (Å²) in [7, 11) is -3.81. The summed E-state index contributed by atoms with van der Waals surface area (Å²) in [5.74, 6) is -0.0324. The second-order valence-corrected chi connectivity index (χ2v) is 8.90. The number of anilines is 2. The van der Waals surface area contributed by atoms with Crippen LogP contribution in [0.5, 0.6) is 0 Å². The van der Waals surface area contributed by atoms with Gasteiger partial charge in [0, 0.05) is 29.1 Å². The Labute approximate surface area is 185 Å². The number of nitrogens with zero attached hydrogens (tertiary/aromatic N) is 1. The van der Waals surface area contributed by atoms with Gasteiger partial charge < -0.3 is 9.84 Å². The Kier molecular flexibility index (Phi) is 5.79. The summed E-state index contributed by atoms with van der Waals surface area (Å²) in [6.07, 6.45) is 2.98. The molecule has 0 spiro atoms. The smallest absolute Gasteiger partial charge is 0.264 e. The van der Waals surface area contributed by atoms with Crippen LogP contribution in [0, 0.1) is 13.8 Å². The average Bonchev–Trinajstić information content (AvgIpc) is 3.10. The van der Waals surface area contributed by atoms with E-state index in [0.29, 0.717) is 22.5 Å². The number of nitrogens with one attached hydrogen (secondary N) is 2. The Morgan fingerprint density at radius 2 is 1.69 bits per heavy atom. The number of aryl methyl sites for hydroxylation is 1. The second-order valence-electron chi connectivity index (χ2n) is 7.22. The van der Waals surface area contributed by atoms with Gasteiger partial charge in [0.2, 0.25) is 5.88 Å². The van der Waals surface area contributed by atoms with Crippen molar-refractivity contribution < 1.29 is 17.7 Å². The van der Waals surface area contributed by atoms with Crippen LogP contribution in [-0.2, 0) is 10.0 Å². The lowest BCUT2D eigenvalue weighted by atomic mass is 10.0. The highest BCUT2D eigenvalue weighted by molar-refractivity contribution is 7.92. The largest absolute Gasteiger partial charge is 0.362 e. The molecule has 2 N–H and O–H groups in total. The van der Waals surface area contributed by atoms with Gasteiger partial charge in [0.15, 0.2) is 5.78 Å². The first kappa shape index (κ1) is 21.3. The summed E-state index contributed by atoms with van der Waals surface area (Å²) in [6, 6.07) is 19.5. The van der Waals surface area contributed by atoms with E-state index in [1.54, 1.807) is 32.0 Å². The number of ketones is 1. The molecular formula is C24H21N3O4S. The van der Waals surface area contributed by atoms with Crippen molar-refractivity contribution in [2.45, 2.75) is 18.7 Å². The number of fused-ring (bicyclic) bond motifs is 1. The number of carbonyl (C=O) groups excluding carboxylic acids is 1. The fourth-order valence-corrected chi connectivity index (χ4v) is 4.21. The Hall–Kier alpha value is -3.91. The van der Waals surface area contributed by atoms with Crippen molar-refractivity contribution in [2.24, 2.45) is 0 Å². The highest BCUT2D eigenvalue weighted by Crippen LogP contribution is 2.23. The lowest BCUT2D eigenvalue weighted by Crippen LogP contribution is -2.13. The van der Waals surface area contributed by atoms with E-state index in [1.165, 1.54) is 24.4 Å². The first-order valence-electron chi connectivity index (χ1n) is 9.86. The van der Waals surface area contributed by atoms with Crippen LogP contribution >= 0.6 is 0 Å². The Bertz CT molecular complexity index is 1420. The van der Waals surface area contributed by atoms with Crippen LogP contribution in [0.15, 0.2) is 88.4 Å². The number of sulfonamides is 1. The Morgan fingerprint density at radius 1 is 0.969 bits per heavy atom. The fourth-order valence-electron chi connectivity index (χ4n) is 3.17. The van der Waals surface area contributed by atoms with Crippen LogP contribution < -0.4 is 10.0 Å². The van der Waals surface area contributed by atoms with E-state index in [2.05, 4.69) is 15.2 Å². The van der Waals surface area contributed by atoms with Gasteiger partial charge in [0.1, 0.15) is 0 Å².